The van der Waals surface area contributed by atoms with E-state index in [1.807, 2.05) is 6.92 Å². The molecule has 2 atom stereocenters. The van der Waals surface area contributed by atoms with Crippen LogP contribution in [-0.2, 0) is 9.53 Å². The second kappa shape index (κ2) is 1.97. The van der Waals surface area contributed by atoms with E-state index in [0.717, 1.165) is 6.42 Å². The largest absolute Gasteiger partial charge is 0.469 e. The average Bonchev–Trinajstić information content (AvgIpc) is 2.41. The Morgan fingerprint density at radius 1 is 1.89 bits per heavy atom. The van der Waals surface area contributed by atoms with Crippen molar-refractivity contribution in [2.45, 2.75) is 18.2 Å². The summed E-state index contributed by atoms with van der Waals surface area (Å²) in [5, 5.41) is 0. The molecule has 1 aliphatic rings. The standard InChI is InChI=1S/C6H9BrO2/c1-6(3-4(6)7)5(8)9-2/h4H,3H2,1-2H3/t4-,6+/m0/s1. The highest BCUT2D eigenvalue weighted by atomic mass is 79.9. The zero-order chi connectivity index (χ0) is 7.07. The first-order valence-electron chi connectivity index (χ1n) is 2.84. The van der Waals surface area contributed by atoms with Crippen molar-refractivity contribution in [2.24, 2.45) is 5.41 Å². The molecule has 0 aromatic rings. The third-order valence-corrected chi connectivity index (χ3v) is 3.12. The molecule has 0 aromatic carbocycles. The summed E-state index contributed by atoms with van der Waals surface area (Å²) in [5.41, 5.74) is -0.227. The minimum absolute atomic E-state index is 0.107. The molecule has 0 amide bonds. The molecule has 0 heterocycles. The molecule has 52 valence electrons. The van der Waals surface area contributed by atoms with Crippen molar-refractivity contribution >= 4 is 21.9 Å². The van der Waals surface area contributed by atoms with Gasteiger partial charge in [-0.1, -0.05) is 15.9 Å². The van der Waals surface area contributed by atoms with E-state index in [-0.39, 0.29) is 11.4 Å². The molecule has 1 aliphatic carbocycles. The number of ether oxygens (including phenoxy) is 1. The number of carbonyl (C=O) groups is 1. The minimum Gasteiger partial charge on any atom is -0.469 e. The monoisotopic (exact) mass is 192 g/mol. The van der Waals surface area contributed by atoms with Crippen molar-refractivity contribution in [1.82, 2.24) is 0 Å². The van der Waals surface area contributed by atoms with E-state index >= 15 is 0 Å². The topological polar surface area (TPSA) is 26.3 Å². The molecule has 0 unspecified atom stereocenters. The number of hydrogen-bond acceptors (Lipinski definition) is 2. The van der Waals surface area contributed by atoms with E-state index in [0.29, 0.717) is 4.83 Å². The summed E-state index contributed by atoms with van der Waals surface area (Å²) in [4.78, 5) is 11.2. The molecule has 2 nitrogen and oxygen atoms in total. The molecule has 0 aromatic heterocycles. The normalized spacial score (nSPS) is 40.1. The van der Waals surface area contributed by atoms with Crippen molar-refractivity contribution in [3.8, 4) is 0 Å². The van der Waals surface area contributed by atoms with E-state index in [1.165, 1.54) is 7.11 Å². The first-order valence-corrected chi connectivity index (χ1v) is 3.75. The fourth-order valence-electron chi connectivity index (χ4n) is 0.758. The SMILES string of the molecule is COC(=O)[C@]1(C)C[C@@H]1Br. The van der Waals surface area contributed by atoms with E-state index < -0.39 is 0 Å². The summed E-state index contributed by atoms with van der Waals surface area (Å²) in [6, 6.07) is 0. The first-order chi connectivity index (χ1) is 4.11. The average molecular weight is 193 g/mol. The zero-order valence-corrected chi connectivity index (χ0v) is 7.06. The van der Waals surface area contributed by atoms with E-state index in [4.69, 9.17) is 0 Å². The van der Waals surface area contributed by atoms with Gasteiger partial charge in [-0.25, -0.2) is 0 Å². The van der Waals surface area contributed by atoms with Crippen LogP contribution in [0, 0.1) is 5.41 Å². The van der Waals surface area contributed by atoms with Crippen LogP contribution in [-0.4, -0.2) is 17.9 Å². The van der Waals surface area contributed by atoms with Gasteiger partial charge in [0.15, 0.2) is 0 Å². The van der Waals surface area contributed by atoms with Crippen LogP contribution in [0.4, 0.5) is 0 Å². The zero-order valence-electron chi connectivity index (χ0n) is 5.48. The second-order valence-electron chi connectivity index (χ2n) is 2.58. The fourth-order valence-corrected chi connectivity index (χ4v) is 1.62. The van der Waals surface area contributed by atoms with Crippen molar-refractivity contribution in [1.29, 1.82) is 0 Å². The van der Waals surface area contributed by atoms with Gasteiger partial charge in [-0.3, -0.25) is 4.79 Å². The van der Waals surface area contributed by atoms with Gasteiger partial charge in [0.05, 0.1) is 12.5 Å². The van der Waals surface area contributed by atoms with E-state index in [1.54, 1.807) is 0 Å². The summed E-state index contributed by atoms with van der Waals surface area (Å²) >= 11 is 3.35. The van der Waals surface area contributed by atoms with E-state index in [2.05, 4.69) is 20.7 Å². The molecular weight excluding hydrogens is 184 g/mol. The molecule has 0 bridgehead atoms. The van der Waals surface area contributed by atoms with Crippen LogP contribution in [0.15, 0.2) is 0 Å². The van der Waals surface area contributed by atoms with Gasteiger partial charge in [-0.05, 0) is 13.3 Å². The number of methoxy groups -OCH3 is 1. The van der Waals surface area contributed by atoms with Crippen molar-refractivity contribution in [2.75, 3.05) is 7.11 Å². The van der Waals surface area contributed by atoms with Gasteiger partial charge >= 0.3 is 5.97 Å². The van der Waals surface area contributed by atoms with Crippen molar-refractivity contribution < 1.29 is 9.53 Å². The minimum atomic E-state index is -0.227. The predicted molar refractivity (Wildman–Crippen MR) is 37.5 cm³/mol. The number of hydrogen-bond donors (Lipinski definition) is 0. The van der Waals surface area contributed by atoms with Gasteiger partial charge in [0.1, 0.15) is 0 Å². The fraction of sp³-hybridized carbons (Fsp3) is 0.833. The lowest BCUT2D eigenvalue weighted by Gasteiger charge is -2.03. The van der Waals surface area contributed by atoms with Gasteiger partial charge in [0.2, 0.25) is 0 Å². The van der Waals surface area contributed by atoms with Gasteiger partial charge in [0.25, 0.3) is 0 Å². The summed E-state index contributed by atoms with van der Waals surface area (Å²) in [5.74, 6) is -0.107. The number of esters is 1. The molecule has 0 saturated heterocycles. The molecular formula is C6H9BrO2. The molecule has 9 heavy (non-hydrogen) atoms. The molecule has 0 N–H and O–H groups in total. The maximum absolute atomic E-state index is 10.9. The summed E-state index contributed by atoms with van der Waals surface area (Å²) in [6.45, 7) is 1.90. The van der Waals surface area contributed by atoms with Gasteiger partial charge in [0, 0.05) is 4.83 Å². The highest BCUT2D eigenvalue weighted by Crippen LogP contribution is 2.51. The highest BCUT2D eigenvalue weighted by molar-refractivity contribution is 9.09. The summed E-state index contributed by atoms with van der Waals surface area (Å²) in [6.07, 6.45) is 0.902. The highest BCUT2D eigenvalue weighted by Gasteiger charge is 2.55. The van der Waals surface area contributed by atoms with Crippen LogP contribution in [0.5, 0.6) is 0 Å². The Balaban J connectivity index is 2.53. The van der Waals surface area contributed by atoms with Gasteiger partial charge in [-0.15, -0.1) is 0 Å². The van der Waals surface area contributed by atoms with Crippen LogP contribution < -0.4 is 0 Å². The number of alkyl halides is 1. The van der Waals surface area contributed by atoms with Crippen LogP contribution in [0.25, 0.3) is 0 Å². The predicted octanol–water partition coefficient (Wildman–Crippen LogP) is 1.33. The lowest BCUT2D eigenvalue weighted by Crippen LogP contribution is -2.15. The number of halogens is 1. The smallest absolute Gasteiger partial charge is 0.312 e. The lowest BCUT2D eigenvalue weighted by atomic mass is 10.1. The molecule has 1 rings (SSSR count). The van der Waals surface area contributed by atoms with Crippen LogP contribution in [0.3, 0.4) is 0 Å². The lowest BCUT2D eigenvalue weighted by molar-refractivity contribution is -0.146. The van der Waals surface area contributed by atoms with E-state index in [9.17, 15) is 4.79 Å². The Kier molecular flexibility index (Phi) is 1.55. The van der Waals surface area contributed by atoms with Crippen LogP contribution >= 0.6 is 15.9 Å². The maximum Gasteiger partial charge on any atom is 0.312 e. The molecule has 1 fully saturated rings. The third-order valence-electron chi connectivity index (χ3n) is 1.79. The Morgan fingerprint density at radius 2 is 2.33 bits per heavy atom. The number of carbonyl (C=O) groups excluding carboxylic acids is 1. The van der Waals surface area contributed by atoms with Crippen molar-refractivity contribution in [3.63, 3.8) is 0 Å². The van der Waals surface area contributed by atoms with Crippen LogP contribution in [0.2, 0.25) is 0 Å². The van der Waals surface area contributed by atoms with Gasteiger partial charge in [-0.2, -0.15) is 0 Å². The quantitative estimate of drug-likeness (QED) is 0.463. The van der Waals surface area contributed by atoms with Crippen molar-refractivity contribution in [3.05, 3.63) is 0 Å². The maximum atomic E-state index is 10.9. The Morgan fingerprint density at radius 3 is 2.44 bits per heavy atom. The third kappa shape index (κ3) is 0.980. The first kappa shape index (κ1) is 7.06. The van der Waals surface area contributed by atoms with Crippen LogP contribution in [0.1, 0.15) is 13.3 Å². The van der Waals surface area contributed by atoms with Gasteiger partial charge < -0.3 is 4.74 Å². The molecule has 0 spiro atoms. The molecule has 3 heteroatoms. The second-order valence-corrected chi connectivity index (χ2v) is 3.69. The molecule has 0 aliphatic heterocycles. The number of rotatable bonds is 1. The Bertz CT molecular complexity index is 146. The summed E-state index contributed by atoms with van der Waals surface area (Å²) in [7, 11) is 1.42. The Hall–Kier alpha value is -0.0500. The molecule has 1 saturated carbocycles. The summed E-state index contributed by atoms with van der Waals surface area (Å²) < 4.78 is 4.58. The molecule has 0 radical (unpaired) electrons. The Labute approximate surface area is 62.7 Å².